The topological polar surface area (TPSA) is 50.6 Å². The zero-order chi connectivity index (χ0) is 18.4. The van der Waals surface area contributed by atoms with Gasteiger partial charge in [-0.2, -0.15) is 4.98 Å². The molecule has 0 radical (unpaired) electrons. The number of hydrogen-bond donors (Lipinski definition) is 0. The van der Waals surface area contributed by atoms with Crippen LogP contribution in [0.3, 0.4) is 0 Å². The molecule has 5 nitrogen and oxygen atoms in total. The molecule has 0 unspecified atom stereocenters. The van der Waals surface area contributed by atoms with Crippen LogP contribution in [0, 0.1) is 20.8 Å². The zero-order valence-corrected chi connectivity index (χ0v) is 16.6. The number of aromatic nitrogens is 2. The molecule has 1 heterocycles. The normalized spacial score (nSPS) is 11.1. The Balaban J connectivity index is 2.26. The largest absolute Gasteiger partial charge is 0.439 e. The molecule has 0 aliphatic rings. The van der Waals surface area contributed by atoms with E-state index in [4.69, 9.17) is 4.74 Å². The molecule has 1 aromatic heterocycles. The molecule has 0 amide bonds. The third-order valence-electron chi connectivity index (χ3n) is 3.68. The fourth-order valence-electron chi connectivity index (χ4n) is 2.14. The number of aryl methyl sites for hydroxylation is 3. The van der Waals surface area contributed by atoms with Gasteiger partial charge in [0.2, 0.25) is 5.88 Å². The monoisotopic (exact) mass is 358 g/mol. The molecular weight excluding hydrogens is 332 g/mol. The second kappa shape index (κ2) is 8.85. The van der Waals surface area contributed by atoms with E-state index in [1.807, 2.05) is 57.3 Å². The van der Waals surface area contributed by atoms with Gasteiger partial charge in [-0.1, -0.05) is 18.7 Å². The van der Waals surface area contributed by atoms with Gasteiger partial charge in [-0.3, -0.25) is 0 Å². The van der Waals surface area contributed by atoms with E-state index >= 15 is 0 Å². The highest BCUT2D eigenvalue weighted by Crippen LogP contribution is 2.31. The molecular formula is C19H26N4OS. The van der Waals surface area contributed by atoms with E-state index < -0.39 is 0 Å². The van der Waals surface area contributed by atoms with Crippen LogP contribution >= 0.6 is 11.8 Å². The van der Waals surface area contributed by atoms with Crippen LogP contribution in [-0.4, -0.2) is 40.6 Å². The lowest BCUT2D eigenvalue weighted by molar-refractivity contribution is 0.451. The first-order chi connectivity index (χ1) is 11.9. The maximum atomic E-state index is 6.03. The Morgan fingerprint density at radius 3 is 2.56 bits per heavy atom. The number of rotatable bonds is 7. The van der Waals surface area contributed by atoms with Gasteiger partial charge in [0, 0.05) is 25.4 Å². The number of nitrogens with zero attached hydrogens (tertiary/aromatic N) is 4. The van der Waals surface area contributed by atoms with Crippen LogP contribution in [0.25, 0.3) is 0 Å². The summed E-state index contributed by atoms with van der Waals surface area (Å²) < 4.78 is 6.03. The first-order valence-corrected chi connectivity index (χ1v) is 9.43. The fraction of sp³-hybridized carbons (Fsp3) is 0.421. The lowest BCUT2D eigenvalue weighted by atomic mass is 10.1. The van der Waals surface area contributed by atoms with Gasteiger partial charge in [0.25, 0.3) is 0 Å². The highest BCUT2D eigenvalue weighted by molar-refractivity contribution is 7.99. The summed E-state index contributed by atoms with van der Waals surface area (Å²) in [5.41, 5.74) is 3.94. The van der Waals surface area contributed by atoms with E-state index in [-0.39, 0.29) is 0 Å². The van der Waals surface area contributed by atoms with Gasteiger partial charge in [0.05, 0.1) is 12.0 Å². The van der Waals surface area contributed by atoms with Crippen LogP contribution in [0.4, 0.5) is 5.69 Å². The Hall–Kier alpha value is -2.08. The maximum Gasteiger partial charge on any atom is 0.223 e. The first kappa shape index (κ1) is 19.2. The molecule has 6 heteroatoms. The fourth-order valence-corrected chi connectivity index (χ4v) is 2.76. The third-order valence-corrected chi connectivity index (χ3v) is 4.41. The van der Waals surface area contributed by atoms with Gasteiger partial charge < -0.3 is 9.64 Å². The van der Waals surface area contributed by atoms with Crippen LogP contribution in [0.2, 0.25) is 0 Å². The number of benzene rings is 1. The van der Waals surface area contributed by atoms with E-state index in [0.29, 0.717) is 5.88 Å². The summed E-state index contributed by atoms with van der Waals surface area (Å²) in [4.78, 5) is 15.5. The van der Waals surface area contributed by atoms with Crippen molar-refractivity contribution in [1.29, 1.82) is 0 Å². The van der Waals surface area contributed by atoms with Crippen LogP contribution < -0.4 is 4.74 Å². The van der Waals surface area contributed by atoms with E-state index in [9.17, 15) is 0 Å². The minimum absolute atomic E-state index is 0.577. The van der Waals surface area contributed by atoms with Crippen molar-refractivity contribution >= 4 is 23.8 Å². The minimum atomic E-state index is 0.577. The molecule has 1 aromatic carbocycles. The highest BCUT2D eigenvalue weighted by atomic mass is 32.2. The van der Waals surface area contributed by atoms with Crippen molar-refractivity contribution in [2.45, 2.75) is 39.8 Å². The van der Waals surface area contributed by atoms with Gasteiger partial charge >= 0.3 is 0 Å². The Bertz CT molecular complexity index is 761. The summed E-state index contributed by atoms with van der Waals surface area (Å²) in [6, 6.07) is 5.91. The van der Waals surface area contributed by atoms with Gasteiger partial charge in [-0.25, -0.2) is 9.98 Å². The molecule has 0 aliphatic heterocycles. The number of hydrogen-bond acceptors (Lipinski definition) is 5. The molecule has 0 saturated carbocycles. The average molecular weight is 359 g/mol. The van der Waals surface area contributed by atoms with Crippen molar-refractivity contribution < 1.29 is 4.74 Å². The highest BCUT2D eigenvalue weighted by Gasteiger charge is 2.09. The van der Waals surface area contributed by atoms with Crippen molar-refractivity contribution in [3.8, 4) is 11.6 Å². The summed E-state index contributed by atoms with van der Waals surface area (Å²) >= 11 is 1.61. The molecule has 25 heavy (non-hydrogen) atoms. The molecule has 0 N–H and O–H groups in total. The van der Waals surface area contributed by atoms with E-state index in [2.05, 4.69) is 28.8 Å². The number of thioether (sulfide) groups is 1. The quantitative estimate of drug-likeness (QED) is 0.304. The predicted molar refractivity (Wildman–Crippen MR) is 106 cm³/mol. The second-order valence-corrected chi connectivity index (χ2v) is 7.12. The molecule has 0 aliphatic carbocycles. The predicted octanol–water partition coefficient (Wildman–Crippen LogP) is 4.92. The van der Waals surface area contributed by atoms with Gasteiger partial charge in [0.1, 0.15) is 5.75 Å². The lowest BCUT2D eigenvalue weighted by Gasteiger charge is -2.13. The summed E-state index contributed by atoms with van der Waals surface area (Å²) in [6.45, 7) is 11.1. The van der Waals surface area contributed by atoms with Gasteiger partial charge in [-0.15, -0.1) is 0 Å². The molecule has 0 bridgehead atoms. The van der Waals surface area contributed by atoms with Crippen molar-refractivity contribution in [3.63, 3.8) is 0 Å². The molecule has 2 aromatic rings. The molecule has 2 rings (SSSR count). The minimum Gasteiger partial charge on any atom is -0.439 e. The van der Waals surface area contributed by atoms with Crippen molar-refractivity contribution in [2.75, 3.05) is 19.3 Å². The van der Waals surface area contributed by atoms with Gasteiger partial charge in [0.15, 0.2) is 5.16 Å². The zero-order valence-electron chi connectivity index (χ0n) is 15.8. The SMILES string of the molecule is CCSc1nc(C)cc(Oc2cc(C)c(N=CN(C)CC)cc2C)n1. The van der Waals surface area contributed by atoms with Crippen LogP contribution in [-0.2, 0) is 0 Å². The summed E-state index contributed by atoms with van der Waals surface area (Å²) in [6.07, 6.45) is 1.85. The lowest BCUT2D eigenvalue weighted by Crippen LogP contribution is -2.14. The van der Waals surface area contributed by atoms with E-state index in [0.717, 1.165) is 45.7 Å². The molecule has 134 valence electrons. The Kier molecular flexibility index (Phi) is 6.82. The standard InChI is InChI=1S/C19H26N4OS/c1-7-23(6)12-20-16-9-14(4)17(10-13(16)3)24-18-11-15(5)21-19(22-18)25-8-2/h9-12H,7-8H2,1-6H3. The number of ether oxygens (including phenoxy) is 1. The van der Waals surface area contributed by atoms with Crippen LogP contribution in [0.1, 0.15) is 30.7 Å². The summed E-state index contributed by atoms with van der Waals surface area (Å²) in [5, 5.41) is 0.746. The first-order valence-electron chi connectivity index (χ1n) is 8.45. The molecule has 0 atom stereocenters. The molecule has 0 fully saturated rings. The van der Waals surface area contributed by atoms with E-state index in [1.165, 1.54) is 0 Å². The smallest absolute Gasteiger partial charge is 0.223 e. The maximum absolute atomic E-state index is 6.03. The van der Waals surface area contributed by atoms with Crippen LogP contribution in [0.15, 0.2) is 28.3 Å². The average Bonchev–Trinajstić information content (AvgIpc) is 2.56. The second-order valence-electron chi connectivity index (χ2n) is 5.89. The van der Waals surface area contributed by atoms with Crippen molar-refractivity contribution in [1.82, 2.24) is 14.9 Å². The molecule has 0 spiro atoms. The van der Waals surface area contributed by atoms with Gasteiger partial charge in [-0.05, 0) is 56.7 Å². The van der Waals surface area contributed by atoms with E-state index in [1.54, 1.807) is 11.8 Å². The van der Waals surface area contributed by atoms with Crippen molar-refractivity contribution in [2.24, 2.45) is 4.99 Å². The van der Waals surface area contributed by atoms with Crippen molar-refractivity contribution in [3.05, 3.63) is 35.0 Å². The Labute approximate surface area is 154 Å². The summed E-state index contributed by atoms with van der Waals surface area (Å²) in [5.74, 6) is 2.30. The Morgan fingerprint density at radius 2 is 1.88 bits per heavy atom. The molecule has 0 saturated heterocycles. The number of aliphatic imine (C=N–C) groups is 1. The summed E-state index contributed by atoms with van der Waals surface area (Å²) in [7, 11) is 2.01. The third kappa shape index (κ3) is 5.46. The van der Waals surface area contributed by atoms with Crippen LogP contribution in [0.5, 0.6) is 11.6 Å². The Morgan fingerprint density at radius 1 is 1.12 bits per heavy atom.